The fourth-order valence-corrected chi connectivity index (χ4v) is 0.676. The van der Waals surface area contributed by atoms with Crippen molar-refractivity contribution < 1.29 is 13.9 Å². The van der Waals surface area contributed by atoms with Gasteiger partial charge in [-0.3, -0.25) is 4.39 Å². The van der Waals surface area contributed by atoms with E-state index in [4.69, 9.17) is 9.47 Å². The lowest BCUT2D eigenvalue weighted by atomic mass is 10.4. The Kier molecular flexibility index (Phi) is 6.86. The summed E-state index contributed by atoms with van der Waals surface area (Å²) in [5.74, 6) is 0. The highest BCUT2D eigenvalue weighted by molar-refractivity contribution is 4.41. The molecule has 2 nitrogen and oxygen atoms in total. The number of rotatable bonds is 6. The number of hydrogen-bond donors (Lipinski definition) is 0. The molecule has 0 atom stereocenters. The number of alkyl halides is 1. The Morgan fingerprint density at radius 2 is 1.70 bits per heavy atom. The maximum atomic E-state index is 11.7. The topological polar surface area (TPSA) is 18.5 Å². The van der Waals surface area contributed by atoms with Crippen molar-refractivity contribution in [2.45, 2.75) is 26.6 Å². The van der Waals surface area contributed by atoms with Crippen LogP contribution in [0.4, 0.5) is 4.39 Å². The molecule has 62 valence electrons. The van der Waals surface area contributed by atoms with E-state index >= 15 is 0 Å². The Balaban J connectivity index is 3.30. The van der Waals surface area contributed by atoms with Crippen LogP contribution in [-0.2, 0) is 9.47 Å². The Morgan fingerprint density at radius 1 is 1.20 bits per heavy atom. The minimum Gasteiger partial charge on any atom is -0.353 e. The molecule has 0 spiro atoms. The Bertz CT molecular complexity index is 54.4. The van der Waals surface area contributed by atoms with Crippen LogP contribution < -0.4 is 0 Å². The minimum absolute atomic E-state index is 0.335. The molecule has 0 aromatic heterocycles. The zero-order chi connectivity index (χ0) is 7.82. The normalized spacial score (nSPS) is 10.8. The molecular weight excluding hydrogens is 135 g/mol. The van der Waals surface area contributed by atoms with Crippen LogP contribution in [0.3, 0.4) is 0 Å². The molecule has 0 aromatic rings. The molecule has 0 aliphatic rings. The van der Waals surface area contributed by atoms with Crippen LogP contribution in [0.5, 0.6) is 0 Å². The van der Waals surface area contributed by atoms with Gasteiger partial charge in [-0.2, -0.15) is 0 Å². The maximum Gasteiger partial charge on any atom is 0.160 e. The summed E-state index contributed by atoms with van der Waals surface area (Å²) in [4.78, 5) is 0. The van der Waals surface area contributed by atoms with E-state index in [1.54, 1.807) is 0 Å². The van der Waals surface area contributed by atoms with Gasteiger partial charge in [0.15, 0.2) is 6.29 Å². The minimum atomic E-state index is -0.384. The van der Waals surface area contributed by atoms with Crippen LogP contribution in [0.1, 0.15) is 20.3 Å². The summed E-state index contributed by atoms with van der Waals surface area (Å²) in [5, 5.41) is 0. The third-order valence-corrected chi connectivity index (χ3v) is 1.05. The molecule has 0 saturated carbocycles. The lowest BCUT2D eigenvalue weighted by Gasteiger charge is -2.14. The summed E-state index contributed by atoms with van der Waals surface area (Å²) in [7, 11) is 0. The van der Waals surface area contributed by atoms with Gasteiger partial charge in [-0.15, -0.1) is 0 Å². The van der Waals surface area contributed by atoms with E-state index in [0.717, 1.165) is 0 Å². The first kappa shape index (κ1) is 9.85. The van der Waals surface area contributed by atoms with Crippen molar-refractivity contribution >= 4 is 0 Å². The summed E-state index contributed by atoms with van der Waals surface area (Å²) in [6.07, 6.45) is -0.0122. The molecule has 0 unspecified atom stereocenters. The lowest BCUT2D eigenvalue weighted by Crippen LogP contribution is -2.17. The van der Waals surface area contributed by atoms with Crippen LogP contribution in [0.25, 0.3) is 0 Å². The molecule has 0 radical (unpaired) electrons. The third kappa shape index (κ3) is 4.70. The van der Waals surface area contributed by atoms with Crippen LogP contribution in [-0.4, -0.2) is 26.2 Å². The summed E-state index contributed by atoms with van der Waals surface area (Å²) in [6, 6.07) is 0. The largest absolute Gasteiger partial charge is 0.353 e. The summed E-state index contributed by atoms with van der Waals surface area (Å²) < 4.78 is 21.9. The van der Waals surface area contributed by atoms with Gasteiger partial charge < -0.3 is 9.47 Å². The summed E-state index contributed by atoms with van der Waals surface area (Å²) in [5.41, 5.74) is 0. The molecule has 0 aliphatic carbocycles. The smallest absolute Gasteiger partial charge is 0.160 e. The average molecular weight is 150 g/mol. The highest BCUT2D eigenvalue weighted by Crippen LogP contribution is 2.00. The van der Waals surface area contributed by atoms with Gasteiger partial charge in [0, 0.05) is 19.6 Å². The average Bonchev–Trinajstić information content (AvgIpc) is 1.90. The highest BCUT2D eigenvalue weighted by atomic mass is 19.1. The van der Waals surface area contributed by atoms with Crippen LogP contribution in [0.2, 0.25) is 0 Å². The number of hydrogen-bond acceptors (Lipinski definition) is 2. The van der Waals surface area contributed by atoms with Gasteiger partial charge in [0.1, 0.15) is 0 Å². The fourth-order valence-electron chi connectivity index (χ4n) is 0.676. The molecule has 0 N–H and O–H groups in total. The van der Waals surface area contributed by atoms with Crippen molar-refractivity contribution in [2.24, 2.45) is 0 Å². The van der Waals surface area contributed by atoms with Gasteiger partial charge in [0.05, 0.1) is 6.67 Å². The second-order valence-corrected chi connectivity index (χ2v) is 1.82. The molecule has 0 aromatic carbocycles. The number of ether oxygens (including phenoxy) is 2. The summed E-state index contributed by atoms with van der Waals surface area (Å²) in [6.45, 7) is 4.49. The monoisotopic (exact) mass is 150 g/mol. The van der Waals surface area contributed by atoms with Crippen molar-refractivity contribution in [2.75, 3.05) is 19.9 Å². The second-order valence-electron chi connectivity index (χ2n) is 1.82. The second kappa shape index (κ2) is 6.96. The molecule has 0 rings (SSSR count). The van der Waals surface area contributed by atoms with Crippen LogP contribution >= 0.6 is 0 Å². The van der Waals surface area contributed by atoms with Gasteiger partial charge in [-0.25, -0.2) is 0 Å². The van der Waals surface area contributed by atoms with E-state index in [-0.39, 0.29) is 13.0 Å². The Hall–Kier alpha value is -0.150. The molecule has 0 fully saturated rings. The molecule has 0 amide bonds. The SMILES string of the molecule is CCOC(CCF)OCC. The predicted octanol–water partition coefficient (Wildman–Crippen LogP) is 1.75. The van der Waals surface area contributed by atoms with E-state index in [2.05, 4.69) is 0 Å². The van der Waals surface area contributed by atoms with Gasteiger partial charge in [-0.05, 0) is 13.8 Å². The van der Waals surface area contributed by atoms with E-state index in [1.807, 2.05) is 13.8 Å². The highest BCUT2D eigenvalue weighted by Gasteiger charge is 2.05. The quantitative estimate of drug-likeness (QED) is 0.537. The predicted molar refractivity (Wildman–Crippen MR) is 37.6 cm³/mol. The fraction of sp³-hybridized carbons (Fsp3) is 1.00. The van der Waals surface area contributed by atoms with Gasteiger partial charge >= 0.3 is 0 Å². The molecule has 3 heteroatoms. The molecular formula is C7H15FO2. The van der Waals surface area contributed by atoms with Crippen molar-refractivity contribution in [3.8, 4) is 0 Å². The molecule has 0 saturated heterocycles. The van der Waals surface area contributed by atoms with Crippen LogP contribution in [0.15, 0.2) is 0 Å². The first-order valence-corrected chi connectivity index (χ1v) is 3.64. The maximum absolute atomic E-state index is 11.7. The Morgan fingerprint density at radius 3 is 2.00 bits per heavy atom. The third-order valence-electron chi connectivity index (χ3n) is 1.05. The molecule has 0 aliphatic heterocycles. The van der Waals surface area contributed by atoms with Crippen molar-refractivity contribution in [1.82, 2.24) is 0 Å². The number of halogens is 1. The van der Waals surface area contributed by atoms with E-state index < -0.39 is 0 Å². The standard InChI is InChI=1S/C7H15FO2/c1-3-9-7(5-6-8)10-4-2/h7H,3-6H2,1-2H3. The van der Waals surface area contributed by atoms with Gasteiger partial charge in [0.2, 0.25) is 0 Å². The summed E-state index contributed by atoms with van der Waals surface area (Å²) >= 11 is 0. The first-order valence-electron chi connectivity index (χ1n) is 3.64. The van der Waals surface area contributed by atoms with Crippen LogP contribution in [0, 0.1) is 0 Å². The molecule has 0 heterocycles. The zero-order valence-electron chi connectivity index (χ0n) is 6.60. The van der Waals surface area contributed by atoms with Crippen molar-refractivity contribution in [1.29, 1.82) is 0 Å². The molecule has 10 heavy (non-hydrogen) atoms. The lowest BCUT2D eigenvalue weighted by molar-refractivity contribution is -0.141. The van der Waals surface area contributed by atoms with Crippen molar-refractivity contribution in [3.63, 3.8) is 0 Å². The van der Waals surface area contributed by atoms with E-state index in [1.165, 1.54) is 0 Å². The first-order chi connectivity index (χ1) is 4.85. The van der Waals surface area contributed by atoms with E-state index in [9.17, 15) is 4.39 Å². The Labute approximate surface area is 61.3 Å². The van der Waals surface area contributed by atoms with Gasteiger partial charge in [-0.1, -0.05) is 0 Å². The van der Waals surface area contributed by atoms with E-state index in [0.29, 0.717) is 19.6 Å². The van der Waals surface area contributed by atoms with Gasteiger partial charge in [0.25, 0.3) is 0 Å². The zero-order valence-corrected chi connectivity index (χ0v) is 6.60. The van der Waals surface area contributed by atoms with Crippen molar-refractivity contribution in [3.05, 3.63) is 0 Å². The molecule has 0 bridgehead atoms.